The third kappa shape index (κ3) is 5.18. The number of nitro groups is 1. The van der Waals surface area contributed by atoms with Gasteiger partial charge >= 0.3 is 6.03 Å². The number of barbiturate groups is 1. The van der Waals surface area contributed by atoms with Crippen LogP contribution in [0.2, 0.25) is 5.02 Å². The summed E-state index contributed by atoms with van der Waals surface area (Å²) in [6.45, 7) is 0.123. The fraction of sp³-hybridized carbons (Fsp3) is 0.0800. The minimum atomic E-state index is -0.861. The molecule has 36 heavy (non-hydrogen) atoms. The summed E-state index contributed by atoms with van der Waals surface area (Å²) < 4.78 is 10.8. The van der Waals surface area contributed by atoms with E-state index in [1.54, 1.807) is 36.4 Å². The maximum absolute atomic E-state index is 13.0. The lowest BCUT2D eigenvalue weighted by atomic mass is 10.1. The Morgan fingerprint density at radius 3 is 2.33 bits per heavy atom. The number of methoxy groups -OCH3 is 1. The van der Waals surface area contributed by atoms with Crippen molar-refractivity contribution in [2.45, 2.75) is 6.61 Å². The number of anilines is 1. The number of urea groups is 1. The van der Waals surface area contributed by atoms with Gasteiger partial charge in [0.1, 0.15) is 23.7 Å². The van der Waals surface area contributed by atoms with Crippen molar-refractivity contribution in [2.24, 2.45) is 0 Å². The number of benzene rings is 3. The van der Waals surface area contributed by atoms with Crippen molar-refractivity contribution in [3.63, 3.8) is 0 Å². The SMILES string of the molecule is COc1ccc(N2C(=O)NC(=O)/C(=C\c3ccc(OCc4ccc([N+](=O)[O-])cc4)c(Cl)c3)C2=O)cc1. The van der Waals surface area contributed by atoms with Gasteiger partial charge in [0.2, 0.25) is 0 Å². The summed E-state index contributed by atoms with van der Waals surface area (Å²) in [5, 5.41) is 13.1. The monoisotopic (exact) mass is 507 g/mol. The molecule has 1 saturated heterocycles. The normalized spacial score (nSPS) is 14.6. The number of amides is 4. The van der Waals surface area contributed by atoms with Gasteiger partial charge in [-0.2, -0.15) is 0 Å². The number of non-ortho nitro benzene ring substituents is 1. The highest BCUT2D eigenvalue weighted by Crippen LogP contribution is 2.29. The van der Waals surface area contributed by atoms with Crippen molar-refractivity contribution in [2.75, 3.05) is 12.0 Å². The number of carbonyl (C=O) groups excluding carboxylic acids is 3. The van der Waals surface area contributed by atoms with E-state index in [2.05, 4.69) is 5.32 Å². The van der Waals surface area contributed by atoms with Crippen LogP contribution in [-0.2, 0) is 16.2 Å². The molecule has 4 rings (SSSR count). The van der Waals surface area contributed by atoms with E-state index in [9.17, 15) is 24.5 Å². The highest BCUT2D eigenvalue weighted by Gasteiger charge is 2.36. The molecule has 0 aliphatic carbocycles. The Labute approximate surface area is 209 Å². The van der Waals surface area contributed by atoms with Crippen molar-refractivity contribution in [3.05, 3.63) is 98.6 Å². The van der Waals surface area contributed by atoms with Crippen LogP contribution in [0.5, 0.6) is 11.5 Å². The summed E-state index contributed by atoms with van der Waals surface area (Å²) in [5.74, 6) is -0.736. The number of nitrogens with zero attached hydrogens (tertiary/aromatic N) is 2. The van der Waals surface area contributed by atoms with Crippen LogP contribution >= 0.6 is 11.6 Å². The molecule has 0 spiro atoms. The van der Waals surface area contributed by atoms with E-state index in [1.165, 1.54) is 43.5 Å². The zero-order valence-corrected chi connectivity index (χ0v) is 19.5. The first kappa shape index (κ1) is 24.4. The van der Waals surface area contributed by atoms with Crippen LogP contribution in [0.4, 0.5) is 16.2 Å². The van der Waals surface area contributed by atoms with Crippen LogP contribution < -0.4 is 19.7 Å². The van der Waals surface area contributed by atoms with Crippen LogP contribution in [0.3, 0.4) is 0 Å². The Morgan fingerprint density at radius 1 is 1.03 bits per heavy atom. The molecule has 0 bridgehead atoms. The number of rotatable bonds is 7. The summed E-state index contributed by atoms with van der Waals surface area (Å²) in [6, 6.07) is 15.9. The topological polar surface area (TPSA) is 128 Å². The molecule has 0 unspecified atom stereocenters. The van der Waals surface area contributed by atoms with Gasteiger partial charge < -0.3 is 9.47 Å². The summed E-state index contributed by atoms with van der Waals surface area (Å²) in [6.07, 6.45) is 1.33. The summed E-state index contributed by atoms with van der Waals surface area (Å²) in [5.41, 5.74) is 1.13. The van der Waals surface area contributed by atoms with Crippen molar-refractivity contribution in [1.82, 2.24) is 5.32 Å². The van der Waals surface area contributed by atoms with E-state index in [0.29, 0.717) is 22.6 Å². The lowest BCUT2D eigenvalue weighted by Crippen LogP contribution is -2.54. The second kappa shape index (κ2) is 10.3. The number of hydrogen-bond donors (Lipinski definition) is 1. The Bertz CT molecular complexity index is 1390. The first-order valence-corrected chi connectivity index (χ1v) is 10.9. The molecule has 0 atom stereocenters. The third-order valence-corrected chi connectivity index (χ3v) is 5.54. The van der Waals surface area contributed by atoms with Crippen LogP contribution in [0.25, 0.3) is 6.08 Å². The van der Waals surface area contributed by atoms with E-state index in [0.717, 1.165) is 4.90 Å². The molecule has 1 aliphatic heterocycles. The second-order valence-electron chi connectivity index (χ2n) is 7.56. The smallest absolute Gasteiger partial charge is 0.335 e. The van der Waals surface area contributed by atoms with E-state index in [1.807, 2.05) is 0 Å². The average molecular weight is 508 g/mol. The molecule has 4 amide bonds. The Balaban J connectivity index is 1.52. The Morgan fingerprint density at radius 2 is 1.72 bits per heavy atom. The fourth-order valence-electron chi connectivity index (χ4n) is 3.39. The number of imide groups is 2. The van der Waals surface area contributed by atoms with Gasteiger partial charge in [-0.1, -0.05) is 17.7 Å². The van der Waals surface area contributed by atoms with Gasteiger partial charge in [-0.05, 0) is 65.7 Å². The van der Waals surface area contributed by atoms with Crippen molar-refractivity contribution >= 4 is 46.9 Å². The lowest BCUT2D eigenvalue weighted by Gasteiger charge is -2.26. The average Bonchev–Trinajstić information content (AvgIpc) is 2.86. The molecule has 0 saturated carbocycles. The molecule has 10 nitrogen and oxygen atoms in total. The molecule has 182 valence electrons. The van der Waals surface area contributed by atoms with Crippen LogP contribution in [0.1, 0.15) is 11.1 Å². The predicted octanol–water partition coefficient (Wildman–Crippen LogP) is 4.50. The van der Waals surface area contributed by atoms with Crippen LogP contribution in [0.15, 0.2) is 72.3 Å². The van der Waals surface area contributed by atoms with Crippen molar-refractivity contribution in [1.29, 1.82) is 0 Å². The van der Waals surface area contributed by atoms with Gasteiger partial charge in [-0.15, -0.1) is 0 Å². The summed E-state index contributed by atoms with van der Waals surface area (Å²) in [4.78, 5) is 48.9. The van der Waals surface area contributed by atoms with Gasteiger partial charge in [-0.25, -0.2) is 9.69 Å². The molecule has 1 aliphatic rings. The molecular weight excluding hydrogens is 490 g/mol. The molecule has 1 heterocycles. The molecule has 3 aromatic rings. The van der Waals surface area contributed by atoms with Gasteiger partial charge in [0, 0.05) is 12.1 Å². The van der Waals surface area contributed by atoms with Crippen LogP contribution in [0, 0.1) is 10.1 Å². The van der Waals surface area contributed by atoms with E-state index < -0.39 is 22.8 Å². The summed E-state index contributed by atoms with van der Waals surface area (Å²) >= 11 is 6.32. The van der Waals surface area contributed by atoms with Gasteiger partial charge in [-0.3, -0.25) is 25.0 Å². The zero-order chi connectivity index (χ0) is 25.8. The highest BCUT2D eigenvalue weighted by atomic mass is 35.5. The quantitative estimate of drug-likeness (QED) is 0.216. The first-order chi connectivity index (χ1) is 17.3. The standard InChI is InChI=1S/C25H18ClN3O7/c1-35-19-9-7-17(8-10-19)28-24(31)20(23(30)27-25(28)32)12-16-4-11-22(21(26)13-16)36-14-15-2-5-18(6-3-15)29(33)34/h2-13H,14H2,1H3,(H,27,30,32)/b20-12+. The second-order valence-corrected chi connectivity index (χ2v) is 7.97. The van der Waals surface area contributed by atoms with E-state index in [4.69, 9.17) is 21.1 Å². The number of ether oxygens (including phenoxy) is 2. The van der Waals surface area contributed by atoms with Gasteiger partial charge in [0.05, 0.1) is 22.7 Å². The largest absolute Gasteiger partial charge is 0.497 e. The Hall–Kier alpha value is -4.70. The molecule has 0 radical (unpaired) electrons. The van der Waals surface area contributed by atoms with E-state index >= 15 is 0 Å². The first-order valence-electron chi connectivity index (χ1n) is 10.5. The number of hydrogen-bond acceptors (Lipinski definition) is 7. The number of nitrogens with one attached hydrogen (secondary N) is 1. The minimum absolute atomic E-state index is 0.0253. The molecule has 1 N–H and O–H groups in total. The summed E-state index contributed by atoms with van der Waals surface area (Å²) in [7, 11) is 1.49. The number of carbonyl (C=O) groups is 3. The molecule has 11 heteroatoms. The van der Waals surface area contributed by atoms with Gasteiger partial charge in [0.15, 0.2) is 0 Å². The highest BCUT2D eigenvalue weighted by molar-refractivity contribution is 6.39. The lowest BCUT2D eigenvalue weighted by molar-refractivity contribution is -0.384. The third-order valence-electron chi connectivity index (χ3n) is 5.24. The zero-order valence-electron chi connectivity index (χ0n) is 18.8. The van der Waals surface area contributed by atoms with Gasteiger partial charge in [0.25, 0.3) is 17.5 Å². The maximum atomic E-state index is 13.0. The van der Waals surface area contributed by atoms with E-state index in [-0.39, 0.29) is 28.6 Å². The molecule has 3 aromatic carbocycles. The predicted molar refractivity (Wildman–Crippen MR) is 131 cm³/mol. The van der Waals surface area contributed by atoms with Crippen molar-refractivity contribution in [3.8, 4) is 11.5 Å². The minimum Gasteiger partial charge on any atom is -0.497 e. The number of halogens is 1. The molecular formula is C25H18ClN3O7. The van der Waals surface area contributed by atoms with Crippen molar-refractivity contribution < 1.29 is 28.8 Å². The molecule has 0 aromatic heterocycles. The Kier molecular flexibility index (Phi) is 6.98. The van der Waals surface area contributed by atoms with Crippen LogP contribution in [-0.4, -0.2) is 29.9 Å². The number of nitro benzene ring substituents is 1. The molecule has 1 fully saturated rings. The fourth-order valence-corrected chi connectivity index (χ4v) is 3.63. The maximum Gasteiger partial charge on any atom is 0.335 e.